The summed E-state index contributed by atoms with van der Waals surface area (Å²) in [4.78, 5) is 14.6. The second kappa shape index (κ2) is 8.19. The lowest BCUT2D eigenvalue weighted by molar-refractivity contribution is 0.247. The number of carbonyl (C=O) groups is 1. The van der Waals surface area contributed by atoms with Gasteiger partial charge in [0.1, 0.15) is 0 Å². The van der Waals surface area contributed by atoms with Crippen LogP contribution in [-0.4, -0.2) is 44.2 Å². The SMILES string of the molecule is CCN(CC)C(C)CS(=O)(=O)NC(=O)Nc1c2c(cc3c1CCC3)CCC2. The molecule has 0 bridgehead atoms. The van der Waals surface area contributed by atoms with Crippen molar-refractivity contribution in [3.8, 4) is 0 Å². The number of nitrogens with one attached hydrogen (secondary N) is 2. The number of hydrogen-bond donors (Lipinski definition) is 2. The van der Waals surface area contributed by atoms with Crippen LogP contribution in [0.15, 0.2) is 6.07 Å². The van der Waals surface area contributed by atoms with Crippen molar-refractivity contribution in [1.82, 2.24) is 9.62 Å². The first-order valence-electron chi connectivity index (χ1n) is 10.1. The van der Waals surface area contributed by atoms with Gasteiger partial charge < -0.3 is 10.2 Å². The monoisotopic (exact) mass is 393 g/mol. The van der Waals surface area contributed by atoms with Crippen LogP contribution < -0.4 is 10.0 Å². The molecule has 27 heavy (non-hydrogen) atoms. The highest BCUT2D eigenvalue weighted by atomic mass is 32.2. The fourth-order valence-corrected chi connectivity index (χ4v) is 5.82. The molecule has 0 fully saturated rings. The highest BCUT2D eigenvalue weighted by Gasteiger charge is 2.27. The van der Waals surface area contributed by atoms with Crippen molar-refractivity contribution in [3.63, 3.8) is 0 Å². The maximum atomic E-state index is 12.5. The van der Waals surface area contributed by atoms with Crippen molar-refractivity contribution in [2.45, 2.75) is 65.3 Å². The molecule has 1 aromatic rings. The Morgan fingerprint density at radius 3 is 2.15 bits per heavy atom. The second-order valence-electron chi connectivity index (χ2n) is 7.64. The van der Waals surface area contributed by atoms with E-state index in [1.54, 1.807) is 0 Å². The Kier molecular flexibility index (Phi) is 6.11. The largest absolute Gasteiger partial charge is 0.332 e. The summed E-state index contributed by atoms with van der Waals surface area (Å²) in [5.74, 6) is -0.0902. The van der Waals surface area contributed by atoms with Crippen LogP contribution in [0.4, 0.5) is 10.5 Å². The Morgan fingerprint density at radius 2 is 1.63 bits per heavy atom. The van der Waals surface area contributed by atoms with Gasteiger partial charge in [0.15, 0.2) is 0 Å². The summed E-state index contributed by atoms with van der Waals surface area (Å²) in [7, 11) is -3.70. The van der Waals surface area contributed by atoms with Gasteiger partial charge in [0.2, 0.25) is 10.0 Å². The first-order chi connectivity index (χ1) is 12.8. The number of aryl methyl sites for hydroxylation is 2. The Labute approximate surface area is 162 Å². The lowest BCUT2D eigenvalue weighted by Gasteiger charge is -2.26. The number of amides is 2. The molecule has 0 radical (unpaired) electrons. The summed E-state index contributed by atoms with van der Waals surface area (Å²) >= 11 is 0. The van der Waals surface area contributed by atoms with Gasteiger partial charge in [-0.15, -0.1) is 0 Å². The van der Waals surface area contributed by atoms with Crippen molar-refractivity contribution >= 4 is 21.7 Å². The highest BCUT2D eigenvalue weighted by Crippen LogP contribution is 2.38. The van der Waals surface area contributed by atoms with Crippen LogP contribution in [0, 0.1) is 0 Å². The van der Waals surface area contributed by atoms with Crippen molar-refractivity contribution in [3.05, 3.63) is 28.3 Å². The van der Waals surface area contributed by atoms with E-state index in [2.05, 4.69) is 21.0 Å². The topological polar surface area (TPSA) is 78.5 Å². The van der Waals surface area contributed by atoms with Gasteiger partial charge in [-0.05, 0) is 80.8 Å². The van der Waals surface area contributed by atoms with E-state index in [0.717, 1.165) is 57.3 Å². The van der Waals surface area contributed by atoms with Crippen molar-refractivity contribution < 1.29 is 13.2 Å². The van der Waals surface area contributed by atoms with E-state index in [0.29, 0.717) is 0 Å². The van der Waals surface area contributed by atoms with Crippen LogP contribution in [0.25, 0.3) is 0 Å². The minimum atomic E-state index is -3.70. The summed E-state index contributed by atoms with van der Waals surface area (Å²) in [6.45, 7) is 7.44. The smallest absolute Gasteiger partial charge is 0.307 e. The van der Waals surface area contributed by atoms with Crippen LogP contribution in [0.5, 0.6) is 0 Å². The number of carbonyl (C=O) groups excluding carboxylic acids is 1. The fourth-order valence-electron chi connectivity index (χ4n) is 4.56. The molecule has 0 saturated carbocycles. The van der Waals surface area contributed by atoms with E-state index in [9.17, 15) is 13.2 Å². The van der Waals surface area contributed by atoms with E-state index >= 15 is 0 Å². The molecule has 0 heterocycles. The van der Waals surface area contributed by atoms with Crippen LogP contribution in [0.1, 0.15) is 55.9 Å². The summed E-state index contributed by atoms with van der Waals surface area (Å²) < 4.78 is 27.1. The number of sulfonamides is 1. The zero-order chi connectivity index (χ0) is 19.6. The van der Waals surface area contributed by atoms with Crippen molar-refractivity contribution in [2.24, 2.45) is 0 Å². The number of nitrogens with zero attached hydrogens (tertiary/aromatic N) is 1. The maximum Gasteiger partial charge on any atom is 0.332 e. The number of fused-ring (bicyclic) bond motifs is 2. The Bertz CT molecular complexity index is 784. The minimum absolute atomic E-state index is 0.0902. The molecule has 0 spiro atoms. The first-order valence-corrected chi connectivity index (χ1v) is 11.7. The number of rotatable bonds is 7. The van der Waals surface area contributed by atoms with E-state index in [1.807, 2.05) is 20.8 Å². The van der Waals surface area contributed by atoms with Crippen molar-refractivity contribution in [1.29, 1.82) is 0 Å². The lowest BCUT2D eigenvalue weighted by atomic mass is 9.99. The molecular weight excluding hydrogens is 362 g/mol. The molecule has 1 unspecified atom stereocenters. The van der Waals surface area contributed by atoms with Gasteiger partial charge in [-0.3, -0.25) is 0 Å². The van der Waals surface area contributed by atoms with Gasteiger partial charge in [-0.2, -0.15) is 0 Å². The number of hydrogen-bond acceptors (Lipinski definition) is 4. The number of urea groups is 1. The van der Waals surface area contributed by atoms with E-state index in [-0.39, 0.29) is 11.8 Å². The third-order valence-electron chi connectivity index (χ3n) is 5.86. The molecule has 2 aliphatic rings. The molecule has 3 rings (SSSR count). The summed E-state index contributed by atoms with van der Waals surface area (Å²) in [5.41, 5.74) is 5.87. The van der Waals surface area contributed by atoms with Crippen LogP contribution >= 0.6 is 0 Å². The Balaban J connectivity index is 1.72. The number of benzene rings is 1. The van der Waals surface area contributed by atoms with Crippen molar-refractivity contribution in [2.75, 3.05) is 24.2 Å². The average molecular weight is 394 g/mol. The van der Waals surface area contributed by atoms with Crippen LogP contribution in [0.2, 0.25) is 0 Å². The molecule has 2 amide bonds. The molecule has 1 atom stereocenters. The zero-order valence-corrected chi connectivity index (χ0v) is 17.4. The van der Waals surface area contributed by atoms with E-state index in [4.69, 9.17) is 0 Å². The number of anilines is 1. The van der Waals surface area contributed by atoms with Gasteiger partial charge in [0.05, 0.1) is 5.75 Å². The molecule has 0 saturated heterocycles. The predicted octanol–water partition coefficient (Wildman–Crippen LogP) is 2.85. The molecule has 0 aromatic heterocycles. The third kappa shape index (κ3) is 4.46. The van der Waals surface area contributed by atoms with E-state index < -0.39 is 16.1 Å². The Morgan fingerprint density at radius 1 is 1.07 bits per heavy atom. The highest BCUT2D eigenvalue weighted by molar-refractivity contribution is 7.90. The molecule has 2 N–H and O–H groups in total. The van der Waals surface area contributed by atoms with Gasteiger partial charge in [0, 0.05) is 11.7 Å². The summed E-state index contributed by atoms with van der Waals surface area (Å²) in [6.07, 6.45) is 6.16. The second-order valence-corrected chi connectivity index (χ2v) is 9.41. The standard InChI is InChI=1S/C20H31N3O3S/c1-4-23(5-2)14(3)13-27(25,26)22-20(24)21-19-17-10-6-8-15(17)12-16-9-7-11-18(16)19/h12,14H,4-11,13H2,1-3H3,(H2,21,22,24). The normalized spacial score (nSPS) is 16.9. The zero-order valence-electron chi connectivity index (χ0n) is 16.6. The molecule has 6 nitrogen and oxygen atoms in total. The Hall–Kier alpha value is -1.60. The molecule has 150 valence electrons. The molecule has 1 aromatic carbocycles. The van der Waals surface area contributed by atoms with Gasteiger partial charge >= 0.3 is 6.03 Å². The van der Waals surface area contributed by atoms with Gasteiger partial charge in [-0.1, -0.05) is 19.9 Å². The molecule has 7 heteroatoms. The maximum absolute atomic E-state index is 12.5. The molecule has 0 aliphatic heterocycles. The molecular formula is C20H31N3O3S. The van der Waals surface area contributed by atoms with Crippen LogP contribution in [0.3, 0.4) is 0 Å². The average Bonchev–Trinajstić information content (AvgIpc) is 3.23. The third-order valence-corrected chi connectivity index (χ3v) is 7.27. The van der Waals surface area contributed by atoms with E-state index in [1.165, 1.54) is 22.3 Å². The van der Waals surface area contributed by atoms with Gasteiger partial charge in [-0.25, -0.2) is 17.9 Å². The summed E-state index contributed by atoms with van der Waals surface area (Å²) in [5, 5.41) is 2.89. The summed E-state index contributed by atoms with van der Waals surface area (Å²) in [6, 6.07) is 1.50. The fraction of sp³-hybridized carbons (Fsp3) is 0.650. The molecule has 2 aliphatic carbocycles. The van der Waals surface area contributed by atoms with Crippen LogP contribution in [-0.2, 0) is 35.7 Å². The quantitative estimate of drug-likeness (QED) is 0.747. The minimum Gasteiger partial charge on any atom is -0.307 e. The lowest BCUT2D eigenvalue weighted by Crippen LogP contribution is -2.44. The first kappa shape index (κ1) is 20.1. The predicted molar refractivity (Wildman–Crippen MR) is 109 cm³/mol. The van der Waals surface area contributed by atoms with Gasteiger partial charge in [0.25, 0.3) is 0 Å².